The molecule has 0 saturated carbocycles. The molecule has 0 heterocycles. The van der Waals surface area contributed by atoms with Crippen LogP contribution in [0.15, 0.2) is 30.3 Å². The van der Waals surface area contributed by atoms with Crippen molar-refractivity contribution in [2.24, 2.45) is 11.7 Å². The van der Waals surface area contributed by atoms with Crippen LogP contribution in [0, 0.1) is 5.92 Å². The van der Waals surface area contributed by atoms with Gasteiger partial charge in [0.25, 0.3) is 0 Å². The van der Waals surface area contributed by atoms with Crippen LogP contribution in [0.1, 0.15) is 39.2 Å². The van der Waals surface area contributed by atoms with E-state index in [9.17, 15) is 4.79 Å². The molecule has 0 aliphatic heterocycles. The Morgan fingerprint density at radius 1 is 1.26 bits per heavy atom. The van der Waals surface area contributed by atoms with Gasteiger partial charge in [0.1, 0.15) is 0 Å². The molecule has 0 aromatic heterocycles. The Bertz CT molecular complexity index is 376. The van der Waals surface area contributed by atoms with E-state index >= 15 is 0 Å². The Kier molecular flexibility index (Phi) is 6.57. The van der Waals surface area contributed by atoms with E-state index in [1.165, 1.54) is 5.56 Å². The van der Waals surface area contributed by atoms with E-state index in [1.54, 1.807) is 0 Å². The summed E-state index contributed by atoms with van der Waals surface area (Å²) < 4.78 is 0. The molecular weight excluding hydrogens is 236 g/mol. The first-order valence-corrected chi connectivity index (χ1v) is 7.14. The molecule has 0 aliphatic carbocycles. The number of hydrogen-bond acceptors (Lipinski definition) is 2. The molecule has 0 fully saturated rings. The Hall–Kier alpha value is -1.35. The molecule has 1 amide bonds. The van der Waals surface area contributed by atoms with Gasteiger partial charge < -0.3 is 11.1 Å². The van der Waals surface area contributed by atoms with Gasteiger partial charge in [0, 0.05) is 6.04 Å². The predicted molar refractivity (Wildman–Crippen MR) is 79.8 cm³/mol. The SMILES string of the molecule is CCC(NC(=O)C(N)CCc1ccccc1)C(C)C. The lowest BCUT2D eigenvalue weighted by Gasteiger charge is -2.22. The lowest BCUT2D eigenvalue weighted by atomic mass is 10.0. The predicted octanol–water partition coefficient (Wildman–Crippen LogP) is 2.50. The number of rotatable bonds is 7. The summed E-state index contributed by atoms with van der Waals surface area (Å²) in [5.74, 6) is 0.409. The molecule has 2 unspecified atom stereocenters. The van der Waals surface area contributed by atoms with Crippen LogP contribution in [0.3, 0.4) is 0 Å². The van der Waals surface area contributed by atoms with Gasteiger partial charge in [-0.15, -0.1) is 0 Å². The molecule has 0 bridgehead atoms. The summed E-state index contributed by atoms with van der Waals surface area (Å²) in [4.78, 5) is 12.0. The van der Waals surface area contributed by atoms with Crippen molar-refractivity contribution in [3.05, 3.63) is 35.9 Å². The Morgan fingerprint density at radius 3 is 2.42 bits per heavy atom. The quantitative estimate of drug-likeness (QED) is 0.793. The van der Waals surface area contributed by atoms with Crippen molar-refractivity contribution < 1.29 is 4.79 Å². The number of aryl methyl sites for hydroxylation is 1. The highest BCUT2D eigenvalue weighted by Gasteiger charge is 2.18. The van der Waals surface area contributed by atoms with Crippen LogP contribution in [0.25, 0.3) is 0 Å². The third kappa shape index (κ3) is 5.43. The second-order valence-corrected chi connectivity index (χ2v) is 5.40. The molecule has 3 N–H and O–H groups in total. The molecule has 3 nitrogen and oxygen atoms in total. The fourth-order valence-corrected chi connectivity index (χ4v) is 2.13. The van der Waals surface area contributed by atoms with Gasteiger partial charge in [-0.2, -0.15) is 0 Å². The molecule has 1 rings (SSSR count). The maximum Gasteiger partial charge on any atom is 0.237 e. The van der Waals surface area contributed by atoms with Crippen LogP contribution in [0.4, 0.5) is 0 Å². The minimum atomic E-state index is -0.423. The third-order valence-electron chi connectivity index (χ3n) is 3.50. The van der Waals surface area contributed by atoms with Crippen molar-refractivity contribution >= 4 is 5.91 Å². The highest BCUT2D eigenvalue weighted by atomic mass is 16.2. The number of amides is 1. The number of carbonyl (C=O) groups is 1. The number of carbonyl (C=O) groups excluding carboxylic acids is 1. The molecule has 106 valence electrons. The second-order valence-electron chi connectivity index (χ2n) is 5.40. The molecule has 2 atom stereocenters. The minimum absolute atomic E-state index is 0.0310. The molecule has 0 spiro atoms. The van der Waals surface area contributed by atoms with E-state index < -0.39 is 6.04 Å². The van der Waals surface area contributed by atoms with Crippen molar-refractivity contribution in [1.29, 1.82) is 0 Å². The standard InChI is InChI=1S/C16H26N2O/c1-4-15(12(2)3)18-16(19)14(17)11-10-13-8-6-5-7-9-13/h5-9,12,14-15H,4,10-11,17H2,1-3H3,(H,18,19). The Morgan fingerprint density at radius 2 is 1.89 bits per heavy atom. The van der Waals surface area contributed by atoms with Crippen LogP contribution in [-0.4, -0.2) is 18.0 Å². The Labute approximate surface area is 116 Å². The average Bonchev–Trinajstić information content (AvgIpc) is 2.42. The second kappa shape index (κ2) is 7.95. The van der Waals surface area contributed by atoms with Crippen LogP contribution in [0.2, 0.25) is 0 Å². The van der Waals surface area contributed by atoms with E-state index in [2.05, 4.69) is 38.2 Å². The maximum absolute atomic E-state index is 12.0. The van der Waals surface area contributed by atoms with Gasteiger partial charge in [-0.3, -0.25) is 4.79 Å². The van der Waals surface area contributed by atoms with Crippen molar-refractivity contribution in [1.82, 2.24) is 5.32 Å². The summed E-state index contributed by atoms with van der Waals surface area (Å²) in [5, 5.41) is 3.04. The van der Waals surface area contributed by atoms with Crippen LogP contribution in [-0.2, 0) is 11.2 Å². The van der Waals surface area contributed by atoms with E-state index in [1.807, 2.05) is 18.2 Å². The summed E-state index contributed by atoms with van der Waals surface area (Å²) in [6, 6.07) is 9.93. The van der Waals surface area contributed by atoms with E-state index in [-0.39, 0.29) is 11.9 Å². The lowest BCUT2D eigenvalue weighted by Crippen LogP contribution is -2.47. The highest BCUT2D eigenvalue weighted by Crippen LogP contribution is 2.07. The molecule has 0 aliphatic rings. The van der Waals surface area contributed by atoms with E-state index in [0.717, 1.165) is 12.8 Å². The first-order valence-electron chi connectivity index (χ1n) is 7.14. The zero-order valence-corrected chi connectivity index (χ0v) is 12.2. The molecule has 0 saturated heterocycles. The van der Waals surface area contributed by atoms with Gasteiger partial charge >= 0.3 is 0 Å². The number of benzene rings is 1. The van der Waals surface area contributed by atoms with Crippen LogP contribution in [0.5, 0.6) is 0 Å². The van der Waals surface area contributed by atoms with Crippen molar-refractivity contribution in [2.75, 3.05) is 0 Å². The summed E-state index contributed by atoms with van der Waals surface area (Å²) in [7, 11) is 0. The smallest absolute Gasteiger partial charge is 0.237 e. The fourth-order valence-electron chi connectivity index (χ4n) is 2.13. The van der Waals surface area contributed by atoms with E-state index in [4.69, 9.17) is 5.73 Å². The van der Waals surface area contributed by atoms with Gasteiger partial charge in [-0.1, -0.05) is 51.1 Å². The molecule has 19 heavy (non-hydrogen) atoms. The van der Waals surface area contributed by atoms with Crippen molar-refractivity contribution in [3.8, 4) is 0 Å². The summed E-state index contributed by atoms with van der Waals surface area (Å²) in [6.07, 6.45) is 2.47. The highest BCUT2D eigenvalue weighted by molar-refractivity contribution is 5.81. The lowest BCUT2D eigenvalue weighted by molar-refractivity contribution is -0.123. The van der Waals surface area contributed by atoms with Crippen molar-refractivity contribution in [3.63, 3.8) is 0 Å². The number of nitrogens with one attached hydrogen (secondary N) is 1. The van der Waals surface area contributed by atoms with Gasteiger partial charge in [-0.25, -0.2) is 0 Å². The average molecular weight is 262 g/mol. The minimum Gasteiger partial charge on any atom is -0.352 e. The van der Waals surface area contributed by atoms with Gasteiger partial charge in [0.05, 0.1) is 6.04 Å². The Balaban J connectivity index is 2.40. The largest absolute Gasteiger partial charge is 0.352 e. The topological polar surface area (TPSA) is 55.1 Å². The fraction of sp³-hybridized carbons (Fsp3) is 0.562. The van der Waals surface area contributed by atoms with Gasteiger partial charge in [-0.05, 0) is 30.7 Å². The van der Waals surface area contributed by atoms with Crippen LogP contribution < -0.4 is 11.1 Å². The summed E-state index contributed by atoms with van der Waals surface area (Å²) >= 11 is 0. The van der Waals surface area contributed by atoms with Gasteiger partial charge in [0.2, 0.25) is 5.91 Å². The normalized spacial score (nSPS) is 14.2. The number of hydrogen-bond donors (Lipinski definition) is 2. The molecular formula is C16H26N2O. The van der Waals surface area contributed by atoms with Gasteiger partial charge in [0.15, 0.2) is 0 Å². The summed E-state index contributed by atoms with van der Waals surface area (Å²) in [6.45, 7) is 6.31. The molecule has 3 heteroatoms. The molecule has 1 aromatic rings. The zero-order chi connectivity index (χ0) is 14.3. The van der Waals surface area contributed by atoms with Crippen LogP contribution >= 0.6 is 0 Å². The van der Waals surface area contributed by atoms with Crippen molar-refractivity contribution in [2.45, 2.75) is 52.1 Å². The zero-order valence-electron chi connectivity index (χ0n) is 12.2. The first kappa shape index (κ1) is 15.7. The molecule has 0 radical (unpaired) electrons. The number of nitrogens with two attached hydrogens (primary N) is 1. The maximum atomic E-state index is 12.0. The molecule has 1 aromatic carbocycles. The monoisotopic (exact) mass is 262 g/mol. The third-order valence-corrected chi connectivity index (χ3v) is 3.50. The first-order chi connectivity index (χ1) is 9.04. The van der Waals surface area contributed by atoms with E-state index in [0.29, 0.717) is 12.3 Å². The summed E-state index contributed by atoms with van der Waals surface area (Å²) in [5.41, 5.74) is 7.18.